The fourth-order valence-corrected chi connectivity index (χ4v) is 1.80. The number of amides is 1. The average molecular weight is 268 g/mol. The maximum absolute atomic E-state index is 11.7. The number of aryl methyl sites for hydroxylation is 1. The minimum atomic E-state index is 0.0458. The van der Waals surface area contributed by atoms with Crippen molar-refractivity contribution in [3.05, 3.63) is 17.0 Å². The van der Waals surface area contributed by atoms with Gasteiger partial charge in [-0.2, -0.15) is 5.10 Å². The Morgan fingerprint density at radius 3 is 2.68 bits per heavy atom. The molecule has 0 aliphatic rings. The number of nitrogens with zero attached hydrogens (tertiary/aromatic N) is 3. The lowest BCUT2D eigenvalue weighted by Crippen LogP contribution is -2.27. The predicted octanol–water partition coefficient (Wildman–Crippen LogP) is 0.324. The first-order chi connectivity index (χ1) is 8.97. The summed E-state index contributed by atoms with van der Waals surface area (Å²) in [6, 6.07) is 0. The molecule has 108 valence electrons. The third-order valence-corrected chi connectivity index (χ3v) is 3.10. The molecular formula is C13H24N4O2. The summed E-state index contributed by atoms with van der Waals surface area (Å²) < 4.78 is 6.76. The molecule has 0 radical (unpaired) electrons. The van der Waals surface area contributed by atoms with Gasteiger partial charge in [-0.05, 0) is 13.8 Å². The molecule has 19 heavy (non-hydrogen) atoms. The second-order valence-electron chi connectivity index (χ2n) is 4.76. The van der Waals surface area contributed by atoms with E-state index in [9.17, 15) is 4.79 Å². The first kappa shape index (κ1) is 15.7. The molecule has 1 aromatic rings. The number of hydrogen-bond donors (Lipinski definition) is 1. The van der Waals surface area contributed by atoms with Gasteiger partial charge in [0.25, 0.3) is 0 Å². The van der Waals surface area contributed by atoms with Crippen LogP contribution >= 0.6 is 0 Å². The first-order valence-corrected chi connectivity index (χ1v) is 6.40. The Balaban J connectivity index is 2.68. The van der Waals surface area contributed by atoms with E-state index in [1.165, 1.54) is 0 Å². The third kappa shape index (κ3) is 4.33. The Bertz CT molecular complexity index is 427. The summed E-state index contributed by atoms with van der Waals surface area (Å²) >= 11 is 0. The molecule has 0 aliphatic carbocycles. The van der Waals surface area contributed by atoms with Crippen molar-refractivity contribution in [2.24, 2.45) is 0 Å². The van der Waals surface area contributed by atoms with Crippen molar-refractivity contribution in [2.75, 3.05) is 34.4 Å². The fraction of sp³-hybridized carbons (Fsp3) is 0.692. The third-order valence-electron chi connectivity index (χ3n) is 3.10. The van der Waals surface area contributed by atoms with Crippen LogP contribution in [0.4, 0.5) is 0 Å². The highest BCUT2D eigenvalue weighted by atomic mass is 16.5. The lowest BCUT2D eigenvalue weighted by atomic mass is 10.2. The van der Waals surface area contributed by atoms with Crippen molar-refractivity contribution in [2.45, 2.75) is 26.9 Å². The van der Waals surface area contributed by atoms with E-state index in [-0.39, 0.29) is 12.5 Å². The monoisotopic (exact) mass is 268 g/mol. The van der Waals surface area contributed by atoms with E-state index in [2.05, 4.69) is 10.4 Å². The van der Waals surface area contributed by atoms with Gasteiger partial charge in [0, 0.05) is 45.6 Å². The molecular weight excluding hydrogens is 244 g/mol. The van der Waals surface area contributed by atoms with Crippen LogP contribution in [0.25, 0.3) is 0 Å². The molecule has 0 aliphatic heterocycles. The molecule has 1 heterocycles. The van der Waals surface area contributed by atoms with Gasteiger partial charge in [0.1, 0.15) is 6.54 Å². The van der Waals surface area contributed by atoms with Crippen LogP contribution in [0.1, 0.15) is 17.0 Å². The second kappa shape index (κ2) is 7.25. The van der Waals surface area contributed by atoms with Crippen LogP contribution in [-0.2, 0) is 22.6 Å². The molecule has 0 saturated heterocycles. The summed E-state index contributed by atoms with van der Waals surface area (Å²) in [4.78, 5) is 13.3. The zero-order valence-electron chi connectivity index (χ0n) is 12.5. The Morgan fingerprint density at radius 2 is 2.11 bits per heavy atom. The van der Waals surface area contributed by atoms with E-state index in [0.29, 0.717) is 6.61 Å². The molecule has 1 amide bonds. The predicted molar refractivity (Wildman–Crippen MR) is 74.0 cm³/mol. The van der Waals surface area contributed by atoms with Crippen LogP contribution in [0.3, 0.4) is 0 Å². The lowest BCUT2D eigenvalue weighted by molar-refractivity contribution is -0.129. The smallest absolute Gasteiger partial charge is 0.243 e. The minimum absolute atomic E-state index is 0.0458. The Labute approximate surface area is 114 Å². The lowest BCUT2D eigenvalue weighted by Gasteiger charge is -2.11. The average Bonchev–Trinajstić information content (AvgIpc) is 2.61. The zero-order valence-corrected chi connectivity index (χ0v) is 12.5. The largest absolute Gasteiger partial charge is 0.383 e. The van der Waals surface area contributed by atoms with Crippen molar-refractivity contribution < 1.29 is 9.53 Å². The maximum Gasteiger partial charge on any atom is 0.243 e. The van der Waals surface area contributed by atoms with E-state index in [1.807, 2.05) is 13.8 Å². The van der Waals surface area contributed by atoms with Gasteiger partial charge in [0.15, 0.2) is 0 Å². The van der Waals surface area contributed by atoms with Gasteiger partial charge in [-0.15, -0.1) is 0 Å². The summed E-state index contributed by atoms with van der Waals surface area (Å²) in [5.41, 5.74) is 3.16. The summed E-state index contributed by atoms with van der Waals surface area (Å²) in [6.07, 6.45) is 0. The number of aromatic nitrogens is 2. The quantitative estimate of drug-likeness (QED) is 0.724. The maximum atomic E-state index is 11.7. The minimum Gasteiger partial charge on any atom is -0.383 e. The fourth-order valence-electron chi connectivity index (χ4n) is 1.80. The topological polar surface area (TPSA) is 59.4 Å². The summed E-state index contributed by atoms with van der Waals surface area (Å²) in [6.45, 7) is 6.49. The molecule has 0 atom stereocenters. The van der Waals surface area contributed by atoms with Crippen molar-refractivity contribution in [3.63, 3.8) is 0 Å². The molecule has 6 heteroatoms. The second-order valence-corrected chi connectivity index (χ2v) is 4.76. The van der Waals surface area contributed by atoms with Gasteiger partial charge in [-0.25, -0.2) is 0 Å². The number of rotatable bonds is 7. The van der Waals surface area contributed by atoms with Crippen LogP contribution in [0.15, 0.2) is 0 Å². The highest BCUT2D eigenvalue weighted by Crippen LogP contribution is 2.12. The number of carbonyl (C=O) groups excluding carboxylic acids is 1. The highest BCUT2D eigenvalue weighted by molar-refractivity contribution is 5.75. The van der Waals surface area contributed by atoms with Gasteiger partial charge in [0.05, 0.1) is 12.3 Å². The molecule has 0 aromatic carbocycles. The van der Waals surface area contributed by atoms with Crippen molar-refractivity contribution in [1.82, 2.24) is 20.0 Å². The van der Waals surface area contributed by atoms with E-state index >= 15 is 0 Å². The normalized spacial score (nSPS) is 10.8. The molecule has 1 rings (SSSR count). The zero-order chi connectivity index (χ0) is 14.4. The highest BCUT2D eigenvalue weighted by Gasteiger charge is 2.14. The van der Waals surface area contributed by atoms with E-state index in [0.717, 1.165) is 30.0 Å². The van der Waals surface area contributed by atoms with Gasteiger partial charge >= 0.3 is 0 Å². The van der Waals surface area contributed by atoms with Gasteiger partial charge in [-0.1, -0.05) is 0 Å². The van der Waals surface area contributed by atoms with E-state index in [1.54, 1.807) is 30.8 Å². The van der Waals surface area contributed by atoms with Crippen LogP contribution in [0.5, 0.6) is 0 Å². The molecule has 1 aromatic heterocycles. The van der Waals surface area contributed by atoms with Gasteiger partial charge in [-0.3, -0.25) is 9.48 Å². The molecule has 6 nitrogen and oxygen atoms in total. The molecule has 1 N–H and O–H groups in total. The molecule has 0 bridgehead atoms. The number of ether oxygens (including phenoxy) is 1. The van der Waals surface area contributed by atoms with Crippen molar-refractivity contribution >= 4 is 5.91 Å². The molecule has 0 saturated carbocycles. The summed E-state index contributed by atoms with van der Waals surface area (Å²) in [5, 5.41) is 7.73. The van der Waals surface area contributed by atoms with Crippen molar-refractivity contribution in [1.29, 1.82) is 0 Å². The molecule has 0 fully saturated rings. The van der Waals surface area contributed by atoms with Gasteiger partial charge < -0.3 is 15.0 Å². The van der Waals surface area contributed by atoms with Crippen LogP contribution in [0.2, 0.25) is 0 Å². The van der Waals surface area contributed by atoms with Crippen LogP contribution in [-0.4, -0.2) is 54.9 Å². The summed E-state index contributed by atoms with van der Waals surface area (Å²) in [5.74, 6) is 0.0458. The molecule has 0 unspecified atom stereocenters. The van der Waals surface area contributed by atoms with E-state index in [4.69, 9.17) is 4.74 Å². The van der Waals surface area contributed by atoms with Crippen molar-refractivity contribution in [3.8, 4) is 0 Å². The standard InChI is InChI=1S/C13H24N4O2/c1-10-12(8-14-6-7-19-5)11(2)17(15-10)9-13(18)16(3)4/h14H,6-9H2,1-5H3. The number of methoxy groups -OCH3 is 1. The van der Waals surface area contributed by atoms with E-state index < -0.39 is 0 Å². The van der Waals surface area contributed by atoms with Crippen LogP contribution in [0, 0.1) is 13.8 Å². The first-order valence-electron chi connectivity index (χ1n) is 6.40. The number of hydrogen-bond acceptors (Lipinski definition) is 4. The Morgan fingerprint density at radius 1 is 1.42 bits per heavy atom. The summed E-state index contributed by atoms with van der Waals surface area (Å²) in [7, 11) is 5.19. The van der Waals surface area contributed by atoms with Gasteiger partial charge in [0.2, 0.25) is 5.91 Å². The Kier molecular flexibility index (Phi) is 5.98. The number of likely N-dealkylation sites (N-methyl/N-ethyl adjacent to an activating group) is 1. The van der Waals surface area contributed by atoms with Crippen LogP contribution < -0.4 is 5.32 Å². The number of nitrogens with one attached hydrogen (secondary N) is 1. The number of carbonyl (C=O) groups is 1. The molecule has 0 spiro atoms. The SMILES string of the molecule is COCCNCc1c(C)nn(CC(=O)N(C)C)c1C. The Hall–Kier alpha value is -1.40.